The van der Waals surface area contributed by atoms with E-state index in [1.807, 2.05) is 12.1 Å². The minimum atomic E-state index is -0.170. The van der Waals surface area contributed by atoms with Gasteiger partial charge >= 0.3 is 12.0 Å². The average Bonchev–Trinajstić information content (AvgIpc) is 3.12. The van der Waals surface area contributed by atoms with Crippen LogP contribution in [0.1, 0.15) is 30.4 Å². The molecule has 5 nitrogen and oxygen atoms in total. The summed E-state index contributed by atoms with van der Waals surface area (Å²) in [6, 6.07) is 8.40. The number of carbonyl (C=O) groups is 2. The van der Waals surface area contributed by atoms with Crippen LogP contribution in [-0.4, -0.2) is 31.2 Å². The van der Waals surface area contributed by atoms with Gasteiger partial charge in [0.25, 0.3) is 0 Å². The van der Waals surface area contributed by atoms with E-state index in [1.165, 1.54) is 18.2 Å². The van der Waals surface area contributed by atoms with Crippen LogP contribution in [0.3, 0.4) is 0 Å². The van der Waals surface area contributed by atoms with E-state index in [2.05, 4.69) is 22.8 Å². The Hall–Kier alpha value is -2.04. The van der Waals surface area contributed by atoms with Gasteiger partial charge in [0.05, 0.1) is 13.0 Å². The zero-order valence-electron chi connectivity index (χ0n) is 12.8. The number of methoxy groups -OCH3 is 1. The highest BCUT2D eigenvalue weighted by Gasteiger charge is 2.32. The minimum absolute atomic E-state index is 0.0629. The molecule has 0 unspecified atom stereocenters. The lowest BCUT2D eigenvalue weighted by Crippen LogP contribution is -2.46. The molecule has 0 heterocycles. The zero-order valence-corrected chi connectivity index (χ0v) is 12.8. The largest absolute Gasteiger partial charge is 0.469 e. The molecular formula is C17H22N2O3. The Labute approximate surface area is 130 Å². The summed E-state index contributed by atoms with van der Waals surface area (Å²) in [7, 11) is 1.41. The molecule has 0 bridgehead atoms. The number of nitrogens with one attached hydrogen (secondary N) is 2. The first-order valence-electron chi connectivity index (χ1n) is 7.87. The molecule has 2 atom stereocenters. The number of carbonyl (C=O) groups excluding carboxylic acids is 2. The summed E-state index contributed by atoms with van der Waals surface area (Å²) < 4.78 is 4.76. The molecule has 5 heteroatoms. The predicted molar refractivity (Wildman–Crippen MR) is 82.5 cm³/mol. The fourth-order valence-electron chi connectivity index (χ4n) is 3.57. The smallest absolute Gasteiger partial charge is 0.315 e. The molecule has 1 aromatic rings. The van der Waals surface area contributed by atoms with Gasteiger partial charge < -0.3 is 15.4 Å². The van der Waals surface area contributed by atoms with Crippen molar-refractivity contribution in [3.8, 4) is 0 Å². The van der Waals surface area contributed by atoms with Gasteiger partial charge in [-0.2, -0.15) is 0 Å². The van der Waals surface area contributed by atoms with Crippen LogP contribution in [0, 0.1) is 5.92 Å². The number of fused-ring (bicyclic) bond motifs is 1. The van der Waals surface area contributed by atoms with Gasteiger partial charge in [-0.05, 0) is 43.2 Å². The van der Waals surface area contributed by atoms with Crippen LogP contribution < -0.4 is 10.6 Å². The standard InChI is InChI=1S/C17H22N2O3/c1-22-16(20)13-6-7-14(10-13)18-17(21)19-15-8-11-4-2-3-5-12(11)9-15/h2-5,13-15H,6-10H2,1H3,(H2,18,19,21)/t13-,14+/m0/s1. The SMILES string of the molecule is COC(=O)[C@H]1CC[C@@H](NC(=O)NC2Cc3ccccc3C2)C1. The van der Waals surface area contributed by atoms with Crippen molar-refractivity contribution in [1.82, 2.24) is 10.6 Å². The van der Waals surface area contributed by atoms with Crippen molar-refractivity contribution in [2.45, 2.75) is 44.2 Å². The second kappa shape index (κ2) is 6.38. The van der Waals surface area contributed by atoms with Crippen molar-refractivity contribution in [3.63, 3.8) is 0 Å². The predicted octanol–water partition coefficient (Wildman–Crippen LogP) is 1.79. The van der Waals surface area contributed by atoms with Crippen molar-refractivity contribution < 1.29 is 14.3 Å². The molecule has 2 aliphatic rings. The van der Waals surface area contributed by atoms with Crippen LogP contribution in [0.5, 0.6) is 0 Å². The highest BCUT2D eigenvalue weighted by Crippen LogP contribution is 2.26. The number of esters is 1. The Morgan fingerprint density at radius 3 is 2.32 bits per heavy atom. The van der Waals surface area contributed by atoms with E-state index in [1.54, 1.807) is 0 Å². The summed E-state index contributed by atoms with van der Waals surface area (Å²) in [5.74, 6) is -0.248. The highest BCUT2D eigenvalue weighted by molar-refractivity contribution is 5.76. The van der Waals surface area contributed by atoms with E-state index in [0.717, 1.165) is 25.7 Å². The summed E-state index contributed by atoms with van der Waals surface area (Å²) in [4.78, 5) is 23.6. The van der Waals surface area contributed by atoms with Crippen molar-refractivity contribution >= 4 is 12.0 Å². The van der Waals surface area contributed by atoms with Gasteiger partial charge in [-0.3, -0.25) is 4.79 Å². The van der Waals surface area contributed by atoms with E-state index >= 15 is 0 Å². The van der Waals surface area contributed by atoms with Gasteiger partial charge in [0.1, 0.15) is 0 Å². The van der Waals surface area contributed by atoms with Gasteiger partial charge in [0, 0.05) is 12.1 Å². The number of urea groups is 1. The molecule has 2 N–H and O–H groups in total. The first kappa shape index (κ1) is 14.9. The molecule has 3 rings (SSSR count). The number of benzene rings is 1. The van der Waals surface area contributed by atoms with Crippen LogP contribution in [0.15, 0.2) is 24.3 Å². The number of ether oxygens (including phenoxy) is 1. The molecule has 1 fully saturated rings. The Balaban J connectivity index is 1.45. The topological polar surface area (TPSA) is 67.4 Å². The maximum atomic E-state index is 12.1. The van der Waals surface area contributed by atoms with E-state index in [9.17, 15) is 9.59 Å². The molecule has 0 spiro atoms. The van der Waals surface area contributed by atoms with Crippen molar-refractivity contribution in [2.75, 3.05) is 7.11 Å². The van der Waals surface area contributed by atoms with Crippen LogP contribution in [0.25, 0.3) is 0 Å². The Morgan fingerprint density at radius 1 is 1.05 bits per heavy atom. The molecule has 22 heavy (non-hydrogen) atoms. The van der Waals surface area contributed by atoms with Gasteiger partial charge in [-0.1, -0.05) is 24.3 Å². The zero-order chi connectivity index (χ0) is 15.5. The molecular weight excluding hydrogens is 280 g/mol. The lowest BCUT2D eigenvalue weighted by atomic mass is 10.1. The first-order chi connectivity index (χ1) is 10.7. The lowest BCUT2D eigenvalue weighted by molar-refractivity contribution is -0.145. The third-order valence-corrected chi connectivity index (χ3v) is 4.69. The molecule has 1 aromatic carbocycles. The van der Waals surface area contributed by atoms with E-state index in [4.69, 9.17) is 4.74 Å². The number of rotatable bonds is 3. The molecule has 1 saturated carbocycles. The molecule has 118 valence electrons. The van der Waals surface area contributed by atoms with Gasteiger partial charge in [-0.15, -0.1) is 0 Å². The fraction of sp³-hybridized carbons (Fsp3) is 0.529. The summed E-state index contributed by atoms with van der Waals surface area (Å²) >= 11 is 0. The molecule has 2 aliphatic carbocycles. The lowest BCUT2D eigenvalue weighted by Gasteiger charge is -2.17. The third-order valence-electron chi connectivity index (χ3n) is 4.69. The molecule has 2 amide bonds. The minimum Gasteiger partial charge on any atom is -0.469 e. The van der Waals surface area contributed by atoms with Crippen LogP contribution >= 0.6 is 0 Å². The maximum absolute atomic E-state index is 12.1. The normalized spacial score (nSPS) is 23.9. The average molecular weight is 302 g/mol. The van der Waals surface area contributed by atoms with Crippen molar-refractivity contribution in [2.24, 2.45) is 5.92 Å². The number of hydrogen-bond donors (Lipinski definition) is 2. The van der Waals surface area contributed by atoms with Crippen molar-refractivity contribution in [3.05, 3.63) is 35.4 Å². The molecule has 0 aliphatic heterocycles. The Morgan fingerprint density at radius 2 is 1.68 bits per heavy atom. The molecule has 0 aromatic heterocycles. The summed E-state index contributed by atoms with van der Waals surface area (Å²) in [6.07, 6.45) is 4.06. The summed E-state index contributed by atoms with van der Waals surface area (Å²) in [5, 5.41) is 6.03. The highest BCUT2D eigenvalue weighted by atomic mass is 16.5. The second-order valence-electron chi connectivity index (χ2n) is 6.22. The Bertz CT molecular complexity index is 548. The molecule has 0 saturated heterocycles. The van der Waals surface area contributed by atoms with Gasteiger partial charge in [0.15, 0.2) is 0 Å². The molecule has 0 radical (unpaired) electrons. The van der Waals surface area contributed by atoms with Crippen LogP contribution in [0.4, 0.5) is 4.79 Å². The summed E-state index contributed by atoms with van der Waals surface area (Å²) in [5.41, 5.74) is 2.64. The quantitative estimate of drug-likeness (QED) is 0.837. The van der Waals surface area contributed by atoms with Crippen LogP contribution in [0.2, 0.25) is 0 Å². The monoisotopic (exact) mass is 302 g/mol. The summed E-state index contributed by atoms with van der Waals surface area (Å²) in [6.45, 7) is 0. The number of amides is 2. The van der Waals surface area contributed by atoms with E-state index in [0.29, 0.717) is 6.42 Å². The fourth-order valence-corrected chi connectivity index (χ4v) is 3.57. The second-order valence-corrected chi connectivity index (χ2v) is 6.22. The third kappa shape index (κ3) is 3.24. The van der Waals surface area contributed by atoms with Crippen molar-refractivity contribution in [1.29, 1.82) is 0 Å². The first-order valence-corrected chi connectivity index (χ1v) is 7.87. The number of hydrogen-bond acceptors (Lipinski definition) is 3. The maximum Gasteiger partial charge on any atom is 0.315 e. The van der Waals surface area contributed by atoms with Gasteiger partial charge in [0.2, 0.25) is 0 Å². The van der Waals surface area contributed by atoms with Crippen LogP contribution in [-0.2, 0) is 22.4 Å². The Kier molecular flexibility index (Phi) is 4.32. The van der Waals surface area contributed by atoms with Gasteiger partial charge in [-0.25, -0.2) is 4.79 Å². The van der Waals surface area contributed by atoms with E-state index in [-0.39, 0.29) is 30.0 Å². The van der Waals surface area contributed by atoms with E-state index < -0.39 is 0 Å².